The molecule has 0 bridgehead atoms. The summed E-state index contributed by atoms with van der Waals surface area (Å²) in [6, 6.07) is 4.46. The molecule has 1 aromatic carbocycles. The van der Waals surface area contributed by atoms with Crippen LogP contribution in [0, 0.1) is 17.7 Å². The molecule has 0 aromatic heterocycles. The van der Waals surface area contributed by atoms with Crippen LogP contribution in [0.15, 0.2) is 18.2 Å². The van der Waals surface area contributed by atoms with Crippen molar-refractivity contribution < 1.29 is 14.3 Å². The van der Waals surface area contributed by atoms with Crippen LogP contribution >= 0.6 is 0 Å². The lowest BCUT2D eigenvalue weighted by atomic mass is 10.1. The van der Waals surface area contributed by atoms with Crippen molar-refractivity contribution in [2.45, 2.75) is 39.7 Å². The molecule has 0 aliphatic carbocycles. The molecule has 1 aromatic rings. The molecule has 1 atom stereocenters. The molecule has 1 rings (SSSR count). The van der Waals surface area contributed by atoms with Crippen molar-refractivity contribution in [3.63, 3.8) is 0 Å². The average Bonchev–Trinajstić information content (AvgIpc) is 2.49. The van der Waals surface area contributed by atoms with Crippen molar-refractivity contribution in [1.29, 1.82) is 0 Å². The first kappa shape index (κ1) is 17.2. The van der Waals surface area contributed by atoms with Gasteiger partial charge in [-0.05, 0) is 38.5 Å². The quantitative estimate of drug-likeness (QED) is 0.847. The van der Waals surface area contributed by atoms with E-state index in [-0.39, 0.29) is 24.1 Å². The molecule has 0 aliphatic heterocycles. The van der Waals surface area contributed by atoms with Gasteiger partial charge in [-0.1, -0.05) is 18.8 Å². The Morgan fingerprint density at radius 1 is 1.43 bits per heavy atom. The first-order valence-electron chi connectivity index (χ1n) is 7.25. The fourth-order valence-corrected chi connectivity index (χ4v) is 2.00. The SMILES string of the molecule is CCC(C)N(CC)C(=O)c1ccc(C#CCCO)c(F)c1. The molecule has 0 aliphatic rings. The average molecular weight is 291 g/mol. The zero-order valence-corrected chi connectivity index (χ0v) is 12.8. The Morgan fingerprint density at radius 3 is 2.67 bits per heavy atom. The fourth-order valence-electron chi connectivity index (χ4n) is 2.00. The van der Waals surface area contributed by atoms with Gasteiger partial charge in [-0.15, -0.1) is 0 Å². The highest BCUT2D eigenvalue weighted by atomic mass is 19.1. The van der Waals surface area contributed by atoms with E-state index in [1.165, 1.54) is 12.1 Å². The highest BCUT2D eigenvalue weighted by molar-refractivity contribution is 5.94. The van der Waals surface area contributed by atoms with Crippen LogP contribution in [0.3, 0.4) is 0 Å². The molecule has 0 heterocycles. The number of aliphatic hydroxyl groups excluding tert-OH is 1. The Morgan fingerprint density at radius 2 is 2.14 bits per heavy atom. The third-order valence-corrected chi connectivity index (χ3v) is 3.40. The van der Waals surface area contributed by atoms with Crippen LogP contribution < -0.4 is 0 Å². The monoisotopic (exact) mass is 291 g/mol. The summed E-state index contributed by atoms with van der Waals surface area (Å²) in [5.41, 5.74) is 0.578. The second kappa shape index (κ2) is 8.43. The van der Waals surface area contributed by atoms with Gasteiger partial charge in [-0.25, -0.2) is 4.39 Å². The van der Waals surface area contributed by atoms with Gasteiger partial charge in [-0.2, -0.15) is 0 Å². The number of amides is 1. The van der Waals surface area contributed by atoms with Crippen molar-refractivity contribution in [3.05, 3.63) is 35.1 Å². The van der Waals surface area contributed by atoms with Gasteiger partial charge < -0.3 is 10.0 Å². The van der Waals surface area contributed by atoms with E-state index in [0.29, 0.717) is 18.5 Å². The molecule has 0 saturated heterocycles. The van der Waals surface area contributed by atoms with Gasteiger partial charge >= 0.3 is 0 Å². The molecule has 4 heteroatoms. The number of carbonyl (C=O) groups excluding carboxylic acids is 1. The lowest BCUT2D eigenvalue weighted by molar-refractivity contribution is 0.0699. The summed E-state index contributed by atoms with van der Waals surface area (Å²) in [5, 5.41) is 8.65. The molecule has 0 radical (unpaired) electrons. The molecule has 3 nitrogen and oxygen atoms in total. The van der Waals surface area contributed by atoms with Crippen molar-refractivity contribution in [2.24, 2.45) is 0 Å². The molecule has 21 heavy (non-hydrogen) atoms. The largest absolute Gasteiger partial charge is 0.395 e. The maximum Gasteiger partial charge on any atom is 0.254 e. The molecule has 0 saturated carbocycles. The van der Waals surface area contributed by atoms with Crippen molar-refractivity contribution >= 4 is 5.91 Å². The topological polar surface area (TPSA) is 40.5 Å². The number of carbonyl (C=O) groups is 1. The molecular formula is C17H22FNO2. The highest BCUT2D eigenvalue weighted by Gasteiger charge is 2.19. The van der Waals surface area contributed by atoms with E-state index in [4.69, 9.17) is 5.11 Å². The predicted molar refractivity (Wildman–Crippen MR) is 81.4 cm³/mol. The van der Waals surface area contributed by atoms with Crippen molar-refractivity contribution in [1.82, 2.24) is 4.90 Å². The lowest BCUT2D eigenvalue weighted by Crippen LogP contribution is -2.38. The number of nitrogens with zero attached hydrogens (tertiary/aromatic N) is 1. The van der Waals surface area contributed by atoms with Crippen LogP contribution in [-0.2, 0) is 0 Å². The summed E-state index contributed by atoms with van der Waals surface area (Å²) < 4.78 is 14.0. The number of aliphatic hydroxyl groups is 1. The first-order chi connectivity index (χ1) is 10.0. The molecule has 0 fully saturated rings. The van der Waals surface area contributed by atoms with Crippen LogP contribution in [-0.4, -0.2) is 35.1 Å². The van der Waals surface area contributed by atoms with E-state index in [2.05, 4.69) is 11.8 Å². The van der Waals surface area contributed by atoms with E-state index in [1.54, 1.807) is 11.0 Å². The molecule has 1 N–H and O–H groups in total. The van der Waals surface area contributed by atoms with Gasteiger partial charge in [0.15, 0.2) is 0 Å². The minimum absolute atomic E-state index is 0.0500. The smallest absolute Gasteiger partial charge is 0.254 e. The van der Waals surface area contributed by atoms with Gasteiger partial charge in [0.25, 0.3) is 5.91 Å². The third kappa shape index (κ3) is 4.57. The van der Waals surface area contributed by atoms with Crippen LogP contribution in [0.4, 0.5) is 4.39 Å². The number of halogens is 1. The van der Waals surface area contributed by atoms with Gasteiger partial charge in [0, 0.05) is 24.6 Å². The summed E-state index contributed by atoms with van der Waals surface area (Å²) in [6.07, 6.45) is 1.16. The molecule has 1 unspecified atom stereocenters. The first-order valence-corrected chi connectivity index (χ1v) is 7.25. The van der Waals surface area contributed by atoms with E-state index < -0.39 is 5.82 Å². The molecule has 1 amide bonds. The summed E-state index contributed by atoms with van der Waals surface area (Å²) in [6.45, 7) is 6.45. The highest BCUT2D eigenvalue weighted by Crippen LogP contribution is 2.14. The predicted octanol–water partition coefficient (Wildman–Crippen LogP) is 2.82. The van der Waals surface area contributed by atoms with Crippen LogP contribution in [0.25, 0.3) is 0 Å². The van der Waals surface area contributed by atoms with E-state index in [0.717, 1.165) is 6.42 Å². The fraction of sp³-hybridized carbons (Fsp3) is 0.471. The van der Waals surface area contributed by atoms with Gasteiger partial charge in [0.1, 0.15) is 5.82 Å². The maximum absolute atomic E-state index is 14.0. The number of hydrogen-bond acceptors (Lipinski definition) is 2. The second-order valence-electron chi connectivity index (χ2n) is 4.82. The number of benzene rings is 1. The van der Waals surface area contributed by atoms with Crippen LogP contribution in [0.1, 0.15) is 49.5 Å². The third-order valence-electron chi connectivity index (χ3n) is 3.40. The zero-order valence-electron chi connectivity index (χ0n) is 12.8. The summed E-state index contributed by atoms with van der Waals surface area (Å²) in [5.74, 6) is 4.64. The Kier molecular flexibility index (Phi) is 6.90. The standard InChI is InChI=1S/C17H22FNO2/c1-4-13(3)19(5-2)17(21)15-10-9-14(16(18)12-15)8-6-7-11-20/h9-10,12-13,20H,4-5,7,11H2,1-3H3. The Hall–Kier alpha value is -1.86. The molecule has 114 valence electrons. The number of hydrogen-bond donors (Lipinski definition) is 1. The van der Waals surface area contributed by atoms with Gasteiger partial charge in [0.2, 0.25) is 0 Å². The normalized spacial score (nSPS) is 11.5. The minimum Gasteiger partial charge on any atom is -0.395 e. The molecule has 0 spiro atoms. The van der Waals surface area contributed by atoms with Crippen LogP contribution in [0.5, 0.6) is 0 Å². The Bertz CT molecular complexity index is 545. The van der Waals surface area contributed by atoms with Crippen LogP contribution in [0.2, 0.25) is 0 Å². The maximum atomic E-state index is 14.0. The van der Waals surface area contributed by atoms with Crippen molar-refractivity contribution in [3.8, 4) is 11.8 Å². The summed E-state index contributed by atoms with van der Waals surface area (Å²) in [7, 11) is 0. The van der Waals surface area contributed by atoms with E-state index >= 15 is 0 Å². The Balaban J connectivity index is 2.98. The van der Waals surface area contributed by atoms with E-state index in [1.807, 2.05) is 20.8 Å². The molecular weight excluding hydrogens is 269 g/mol. The van der Waals surface area contributed by atoms with Crippen molar-refractivity contribution in [2.75, 3.05) is 13.2 Å². The Labute approximate surface area is 125 Å². The second-order valence-corrected chi connectivity index (χ2v) is 4.82. The zero-order chi connectivity index (χ0) is 15.8. The summed E-state index contributed by atoms with van der Waals surface area (Å²) in [4.78, 5) is 14.1. The van der Waals surface area contributed by atoms with E-state index in [9.17, 15) is 9.18 Å². The van der Waals surface area contributed by atoms with Gasteiger partial charge in [-0.3, -0.25) is 4.79 Å². The number of rotatable bonds is 5. The summed E-state index contributed by atoms with van der Waals surface area (Å²) >= 11 is 0. The van der Waals surface area contributed by atoms with Gasteiger partial charge in [0.05, 0.1) is 12.2 Å². The lowest BCUT2D eigenvalue weighted by Gasteiger charge is -2.27. The minimum atomic E-state index is -0.508.